The molecule has 3 N–H and O–H groups in total. The van der Waals surface area contributed by atoms with Crippen molar-refractivity contribution < 1.29 is 4.74 Å². The molecule has 3 fully saturated rings. The molecule has 4 unspecified atom stereocenters. The topological polar surface area (TPSA) is 47.3 Å². The van der Waals surface area contributed by atoms with Crippen molar-refractivity contribution in [2.75, 3.05) is 6.61 Å². The minimum atomic E-state index is 0.250. The summed E-state index contributed by atoms with van der Waals surface area (Å²) in [4.78, 5) is 0. The lowest BCUT2D eigenvalue weighted by atomic mass is 9.68. The molecular formula is C15H28N2O. The quantitative estimate of drug-likeness (QED) is 0.599. The fraction of sp³-hybridized carbons (Fsp3) is 1.00. The van der Waals surface area contributed by atoms with Gasteiger partial charge in [-0.15, -0.1) is 0 Å². The predicted molar refractivity (Wildman–Crippen MR) is 72.9 cm³/mol. The van der Waals surface area contributed by atoms with Crippen molar-refractivity contribution in [3.8, 4) is 0 Å². The average molecular weight is 252 g/mol. The first-order chi connectivity index (χ1) is 8.74. The molecule has 0 amide bonds. The third-order valence-corrected chi connectivity index (χ3v) is 5.89. The van der Waals surface area contributed by atoms with Crippen LogP contribution in [0, 0.1) is 17.8 Å². The van der Waals surface area contributed by atoms with Crippen LogP contribution in [0.3, 0.4) is 0 Å². The Labute approximate surface area is 111 Å². The highest BCUT2D eigenvalue weighted by Gasteiger charge is 2.46. The molecule has 0 radical (unpaired) electrons. The number of nitrogens with one attached hydrogen (secondary N) is 1. The maximum Gasteiger partial charge on any atom is 0.0685 e. The molecule has 3 heteroatoms. The highest BCUT2D eigenvalue weighted by Crippen LogP contribution is 2.47. The number of hydrazine groups is 1. The Balaban J connectivity index is 1.67. The van der Waals surface area contributed by atoms with E-state index in [0.29, 0.717) is 6.04 Å². The van der Waals surface area contributed by atoms with Crippen molar-refractivity contribution in [2.24, 2.45) is 23.6 Å². The molecule has 3 aliphatic rings. The van der Waals surface area contributed by atoms with Crippen LogP contribution < -0.4 is 11.3 Å². The summed E-state index contributed by atoms with van der Waals surface area (Å²) in [6.07, 6.45) is 10.5. The smallest absolute Gasteiger partial charge is 0.0685 e. The lowest BCUT2D eigenvalue weighted by Gasteiger charge is -2.49. The molecule has 18 heavy (non-hydrogen) atoms. The van der Waals surface area contributed by atoms with Crippen molar-refractivity contribution >= 4 is 0 Å². The summed E-state index contributed by atoms with van der Waals surface area (Å²) < 4.78 is 6.05. The second-order valence-electron chi connectivity index (χ2n) is 6.90. The van der Waals surface area contributed by atoms with Gasteiger partial charge in [-0.1, -0.05) is 19.8 Å². The first kappa shape index (κ1) is 12.9. The zero-order valence-corrected chi connectivity index (χ0v) is 11.7. The Hall–Kier alpha value is -0.120. The van der Waals surface area contributed by atoms with E-state index >= 15 is 0 Å². The largest absolute Gasteiger partial charge is 0.375 e. The van der Waals surface area contributed by atoms with Gasteiger partial charge in [-0.05, 0) is 56.3 Å². The first-order valence-electron chi connectivity index (χ1n) is 7.84. The van der Waals surface area contributed by atoms with Crippen LogP contribution in [0.5, 0.6) is 0 Å². The van der Waals surface area contributed by atoms with Gasteiger partial charge in [-0.3, -0.25) is 11.3 Å². The first-order valence-corrected chi connectivity index (χ1v) is 7.84. The fourth-order valence-electron chi connectivity index (χ4n) is 4.61. The Morgan fingerprint density at radius 2 is 2.06 bits per heavy atom. The van der Waals surface area contributed by atoms with Gasteiger partial charge in [0.25, 0.3) is 0 Å². The Bertz CT molecular complexity index is 290. The maximum atomic E-state index is 6.05. The molecule has 1 spiro atoms. The van der Waals surface area contributed by atoms with Gasteiger partial charge in [0.05, 0.1) is 5.60 Å². The van der Waals surface area contributed by atoms with Gasteiger partial charge in [0, 0.05) is 12.6 Å². The number of hydrogen-bond donors (Lipinski definition) is 2. The third kappa shape index (κ3) is 2.21. The van der Waals surface area contributed by atoms with E-state index in [0.717, 1.165) is 24.4 Å². The monoisotopic (exact) mass is 252 g/mol. The summed E-state index contributed by atoms with van der Waals surface area (Å²) in [6.45, 7) is 3.35. The van der Waals surface area contributed by atoms with Crippen molar-refractivity contribution in [3.63, 3.8) is 0 Å². The predicted octanol–water partition coefficient (Wildman–Crippen LogP) is 2.60. The van der Waals surface area contributed by atoms with E-state index in [4.69, 9.17) is 10.6 Å². The molecule has 1 saturated heterocycles. The summed E-state index contributed by atoms with van der Waals surface area (Å²) >= 11 is 0. The molecule has 1 heterocycles. The van der Waals surface area contributed by atoms with E-state index in [1.807, 2.05) is 0 Å². The average Bonchev–Trinajstić information content (AvgIpc) is 2.75. The molecule has 2 aliphatic carbocycles. The van der Waals surface area contributed by atoms with Crippen LogP contribution >= 0.6 is 0 Å². The fourth-order valence-corrected chi connectivity index (χ4v) is 4.61. The van der Waals surface area contributed by atoms with Gasteiger partial charge < -0.3 is 4.74 Å². The lowest BCUT2D eigenvalue weighted by molar-refractivity contribution is -0.149. The summed E-state index contributed by atoms with van der Waals surface area (Å²) in [5.74, 6) is 8.26. The molecule has 2 saturated carbocycles. The van der Waals surface area contributed by atoms with Crippen LogP contribution in [0.2, 0.25) is 0 Å². The Morgan fingerprint density at radius 1 is 1.22 bits per heavy atom. The van der Waals surface area contributed by atoms with Gasteiger partial charge >= 0.3 is 0 Å². The SMILES string of the molecule is CC1CCCC1C(NN)C1CCOC2(CCC2)C1. The second-order valence-corrected chi connectivity index (χ2v) is 6.90. The van der Waals surface area contributed by atoms with E-state index in [1.54, 1.807) is 0 Å². The molecule has 104 valence electrons. The summed E-state index contributed by atoms with van der Waals surface area (Å²) in [6, 6.07) is 0.517. The highest BCUT2D eigenvalue weighted by molar-refractivity contribution is 4.98. The molecule has 3 rings (SSSR count). The van der Waals surface area contributed by atoms with Gasteiger partial charge in [-0.2, -0.15) is 0 Å². The minimum Gasteiger partial charge on any atom is -0.375 e. The minimum absolute atomic E-state index is 0.250. The van der Waals surface area contributed by atoms with Gasteiger partial charge in [-0.25, -0.2) is 0 Å². The highest BCUT2D eigenvalue weighted by atomic mass is 16.5. The zero-order valence-electron chi connectivity index (χ0n) is 11.7. The van der Waals surface area contributed by atoms with E-state index in [1.165, 1.54) is 51.4 Å². The number of hydrogen-bond acceptors (Lipinski definition) is 3. The van der Waals surface area contributed by atoms with Gasteiger partial charge in [0.15, 0.2) is 0 Å². The maximum absolute atomic E-state index is 6.05. The van der Waals surface area contributed by atoms with Crippen LogP contribution in [0.15, 0.2) is 0 Å². The molecule has 1 aliphatic heterocycles. The van der Waals surface area contributed by atoms with Crippen LogP contribution in [0.4, 0.5) is 0 Å². The van der Waals surface area contributed by atoms with Gasteiger partial charge in [0.1, 0.15) is 0 Å². The van der Waals surface area contributed by atoms with E-state index in [2.05, 4.69) is 12.3 Å². The van der Waals surface area contributed by atoms with Crippen molar-refractivity contribution in [2.45, 2.75) is 69.9 Å². The van der Waals surface area contributed by atoms with Crippen molar-refractivity contribution in [1.82, 2.24) is 5.43 Å². The normalized spacial score (nSPS) is 40.7. The van der Waals surface area contributed by atoms with E-state index < -0.39 is 0 Å². The van der Waals surface area contributed by atoms with Crippen LogP contribution in [-0.4, -0.2) is 18.2 Å². The Kier molecular flexibility index (Phi) is 3.65. The van der Waals surface area contributed by atoms with Crippen molar-refractivity contribution in [3.05, 3.63) is 0 Å². The molecule has 0 aromatic carbocycles. The third-order valence-electron chi connectivity index (χ3n) is 5.89. The Morgan fingerprint density at radius 3 is 2.61 bits per heavy atom. The molecule has 0 aromatic heterocycles. The summed E-state index contributed by atoms with van der Waals surface area (Å²) in [7, 11) is 0. The molecule has 0 bridgehead atoms. The molecular weight excluding hydrogens is 224 g/mol. The standard InChI is InChI=1S/C15H28N2O/c1-11-4-2-5-13(11)14(17-16)12-6-9-18-15(10-12)7-3-8-15/h11-14,17H,2-10,16H2,1H3. The van der Waals surface area contributed by atoms with Gasteiger partial charge in [0.2, 0.25) is 0 Å². The van der Waals surface area contributed by atoms with Crippen LogP contribution in [-0.2, 0) is 4.74 Å². The van der Waals surface area contributed by atoms with E-state index in [9.17, 15) is 0 Å². The lowest BCUT2D eigenvalue weighted by Crippen LogP contribution is -2.54. The second kappa shape index (κ2) is 5.10. The van der Waals surface area contributed by atoms with E-state index in [-0.39, 0.29) is 5.60 Å². The summed E-state index contributed by atoms with van der Waals surface area (Å²) in [5, 5.41) is 0. The molecule has 0 aromatic rings. The number of rotatable bonds is 3. The number of nitrogens with two attached hydrogens (primary N) is 1. The molecule has 3 nitrogen and oxygen atoms in total. The van der Waals surface area contributed by atoms with Crippen LogP contribution in [0.25, 0.3) is 0 Å². The van der Waals surface area contributed by atoms with Crippen molar-refractivity contribution in [1.29, 1.82) is 0 Å². The molecule has 4 atom stereocenters. The van der Waals surface area contributed by atoms with Crippen LogP contribution in [0.1, 0.15) is 58.3 Å². The number of ether oxygens (including phenoxy) is 1. The zero-order chi connectivity index (χ0) is 12.6. The summed E-state index contributed by atoms with van der Waals surface area (Å²) in [5.41, 5.74) is 3.42.